The predicted molar refractivity (Wildman–Crippen MR) is 61.0 cm³/mol. The Labute approximate surface area is 95.8 Å². The molecule has 1 rings (SSSR count). The Morgan fingerprint density at radius 2 is 2.31 bits per heavy atom. The number of carbonyl (C=O) groups excluding carboxylic acids is 1. The number of imidazole rings is 1. The smallest absolute Gasteiger partial charge is 0.307 e. The SMILES string of the molecule is CNC(CC(=O)OC)c1cncn1C(C)C. The van der Waals surface area contributed by atoms with E-state index in [0.717, 1.165) is 5.69 Å². The maximum atomic E-state index is 11.3. The van der Waals surface area contributed by atoms with Crippen LogP contribution in [-0.4, -0.2) is 29.7 Å². The van der Waals surface area contributed by atoms with Crippen molar-refractivity contribution in [3.8, 4) is 0 Å². The summed E-state index contributed by atoms with van der Waals surface area (Å²) in [5.74, 6) is -0.226. The molecule has 16 heavy (non-hydrogen) atoms. The summed E-state index contributed by atoms with van der Waals surface area (Å²) in [4.78, 5) is 15.4. The molecule has 1 N–H and O–H groups in total. The first-order valence-corrected chi connectivity index (χ1v) is 5.36. The molecule has 1 aromatic rings. The molecule has 0 aliphatic heterocycles. The number of aromatic nitrogens is 2. The lowest BCUT2D eigenvalue weighted by Gasteiger charge is -2.19. The Balaban J connectivity index is 2.86. The van der Waals surface area contributed by atoms with Gasteiger partial charge in [0.2, 0.25) is 0 Å². The van der Waals surface area contributed by atoms with Crippen molar-refractivity contribution in [2.24, 2.45) is 0 Å². The number of ether oxygens (including phenoxy) is 1. The van der Waals surface area contributed by atoms with Gasteiger partial charge in [-0.2, -0.15) is 0 Å². The monoisotopic (exact) mass is 225 g/mol. The van der Waals surface area contributed by atoms with Crippen LogP contribution in [0.2, 0.25) is 0 Å². The maximum Gasteiger partial charge on any atom is 0.307 e. The molecular weight excluding hydrogens is 206 g/mol. The predicted octanol–water partition coefficient (Wildman–Crippen LogP) is 1.29. The second-order valence-electron chi connectivity index (χ2n) is 3.94. The topological polar surface area (TPSA) is 56.1 Å². The van der Waals surface area contributed by atoms with E-state index in [4.69, 9.17) is 0 Å². The molecule has 0 fully saturated rings. The molecular formula is C11H19N3O2. The summed E-state index contributed by atoms with van der Waals surface area (Å²) in [7, 11) is 3.22. The van der Waals surface area contributed by atoms with E-state index in [9.17, 15) is 4.79 Å². The zero-order valence-corrected chi connectivity index (χ0v) is 10.2. The number of nitrogens with one attached hydrogen (secondary N) is 1. The Kier molecular flexibility index (Phi) is 4.49. The van der Waals surface area contributed by atoms with Crippen LogP contribution in [0, 0.1) is 0 Å². The molecule has 0 aromatic carbocycles. The average Bonchev–Trinajstić information content (AvgIpc) is 2.74. The van der Waals surface area contributed by atoms with Crippen LogP contribution in [0.1, 0.15) is 38.0 Å². The number of rotatable bonds is 5. The van der Waals surface area contributed by atoms with Gasteiger partial charge in [-0.3, -0.25) is 4.79 Å². The van der Waals surface area contributed by atoms with Crippen LogP contribution in [0.15, 0.2) is 12.5 Å². The van der Waals surface area contributed by atoms with Crippen LogP contribution >= 0.6 is 0 Å². The van der Waals surface area contributed by atoms with Crippen molar-refractivity contribution in [1.82, 2.24) is 14.9 Å². The fraction of sp³-hybridized carbons (Fsp3) is 0.636. The summed E-state index contributed by atoms with van der Waals surface area (Å²) in [6, 6.07) is 0.267. The number of hydrogen-bond acceptors (Lipinski definition) is 4. The largest absolute Gasteiger partial charge is 0.469 e. The first kappa shape index (κ1) is 12.7. The molecule has 0 amide bonds. The molecule has 1 aromatic heterocycles. The molecule has 0 bridgehead atoms. The molecule has 0 saturated heterocycles. The molecule has 1 heterocycles. The number of carbonyl (C=O) groups is 1. The molecule has 0 saturated carbocycles. The number of methoxy groups -OCH3 is 1. The molecule has 1 atom stereocenters. The first-order chi connectivity index (χ1) is 7.60. The third-order valence-corrected chi connectivity index (χ3v) is 2.56. The highest BCUT2D eigenvalue weighted by atomic mass is 16.5. The van der Waals surface area contributed by atoms with Gasteiger partial charge >= 0.3 is 5.97 Å². The molecule has 1 unspecified atom stereocenters. The summed E-state index contributed by atoms with van der Waals surface area (Å²) in [5, 5.41) is 3.10. The van der Waals surface area contributed by atoms with Gasteiger partial charge in [0.25, 0.3) is 0 Å². The van der Waals surface area contributed by atoms with Crippen LogP contribution in [0.25, 0.3) is 0 Å². The highest BCUT2D eigenvalue weighted by molar-refractivity contribution is 5.70. The van der Waals surface area contributed by atoms with Gasteiger partial charge in [0.05, 0.1) is 31.6 Å². The summed E-state index contributed by atoms with van der Waals surface area (Å²) in [5.41, 5.74) is 1.00. The zero-order chi connectivity index (χ0) is 12.1. The van der Waals surface area contributed by atoms with E-state index in [2.05, 4.69) is 28.9 Å². The second-order valence-corrected chi connectivity index (χ2v) is 3.94. The van der Waals surface area contributed by atoms with E-state index in [-0.39, 0.29) is 12.0 Å². The number of hydrogen-bond donors (Lipinski definition) is 1. The number of nitrogens with zero attached hydrogens (tertiary/aromatic N) is 2. The lowest BCUT2D eigenvalue weighted by Crippen LogP contribution is -2.23. The molecule has 0 aliphatic carbocycles. The highest BCUT2D eigenvalue weighted by Crippen LogP contribution is 2.19. The Bertz CT molecular complexity index is 347. The van der Waals surface area contributed by atoms with Gasteiger partial charge in [0.15, 0.2) is 0 Å². The van der Waals surface area contributed by atoms with Gasteiger partial charge in [-0.05, 0) is 20.9 Å². The summed E-state index contributed by atoms with van der Waals surface area (Å²) < 4.78 is 6.72. The minimum absolute atomic E-state index is 0.0580. The standard InChI is InChI=1S/C11H19N3O2/c1-8(2)14-7-13-6-10(14)9(12-3)5-11(15)16-4/h6-9,12H,5H2,1-4H3. The third kappa shape index (κ3) is 2.82. The van der Waals surface area contributed by atoms with Gasteiger partial charge < -0.3 is 14.6 Å². The highest BCUT2D eigenvalue weighted by Gasteiger charge is 2.19. The lowest BCUT2D eigenvalue weighted by molar-refractivity contribution is -0.141. The van der Waals surface area contributed by atoms with Gasteiger partial charge in [-0.15, -0.1) is 0 Å². The molecule has 5 heteroatoms. The Morgan fingerprint density at radius 3 is 2.81 bits per heavy atom. The van der Waals surface area contributed by atoms with E-state index in [1.165, 1.54) is 7.11 Å². The van der Waals surface area contributed by atoms with Gasteiger partial charge in [-0.25, -0.2) is 4.98 Å². The molecule has 0 radical (unpaired) electrons. The fourth-order valence-corrected chi connectivity index (χ4v) is 1.62. The van der Waals surface area contributed by atoms with Crippen LogP contribution in [0.3, 0.4) is 0 Å². The van der Waals surface area contributed by atoms with Crippen molar-refractivity contribution in [2.75, 3.05) is 14.2 Å². The van der Waals surface area contributed by atoms with Crippen molar-refractivity contribution in [1.29, 1.82) is 0 Å². The van der Waals surface area contributed by atoms with Crippen LogP contribution in [0.4, 0.5) is 0 Å². The third-order valence-electron chi connectivity index (χ3n) is 2.56. The van der Waals surface area contributed by atoms with Crippen molar-refractivity contribution >= 4 is 5.97 Å². The lowest BCUT2D eigenvalue weighted by atomic mass is 10.1. The Hall–Kier alpha value is -1.36. The minimum atomic E-state index is -0.226. The van der Waals surface area contributed by atoms with E-state index >= 15 is 0 Å². The zero-order valence-electron chi connectivity index (χ0n) is 10.2. The summed E-state index contributed by atoms with van der Waals surface area (Å²) in [6.07, 6.45) is 3.87. The summed E-state index contributed by atoms with van der Waals surface area (Å²) >= 11 is 0. The molecule has 0 spiro atoms. The molecule has 0 aliphatic rings. The molecule has 90 valence electrons. The van der Waals surface area contributed by atoms with Crippen molar-refractivity contribution in [3.63, 3.8) is 0 Å². The average molecular weight is 225 g/mol. The Morgan fingerprint density at radius 1 is 1.62 bits per heavy atom. The van der Waals surface area contributed by atoms with Crippen molar-refractivity contribution < 1.29 is 9.53 Å². The van der Waals surface area contributed by atoms with Gasteiger partial charge in [-0.1, -0.05) is 0 Å². The normalized spacial score (nSPS) is 12.8. The van der Waals surface area contributed by atoms with Crippen molar-refractivity contribution in [3.05, 3.63) is 18.2 Å². The quantitative estimate of drug-likeness (QED) is 0.767. The van der Waals surface area contributed by atoms with E-state index < -0.39 is 0 Å². The fourth-order valence-electron chi connectivity index (χ4n) is 1.62. The van der Waals surface area contributed by atoms with Crippen molar-refractivity contribution in [2.45, 2.75) is 32.4 Å². The maximum absolute atomic E-state index is 11.3. The number of esters is 1. The minimum Gasteiger partial charge on any atom is -0.469 e. The van der Waals surface area contributed by atoms with E-state index in [1.54, 1.807) is 12.5 Å². The second kappa shape index (κ2) is 5.65. The van der Waals surface area contributed by atoms with Gasteiger partial charge in [0, 0.05) is 12.2 Å². The van der Waals surface area contributed by atoms with Gasteiger partial charge in [0.1, 0.15) is 0 Å². The van der Waals surface area contributed by atoms with Crippen LogP contribution < -0.4 is 5.32 Å². The van der Waals surface area contributed by atoms with E-state index in [0.29, 0.717) is 12.5 Å². The molecule has 5 nitrogen and oxygen atoms in total. The van der Waals surface area contributed by atoms with E-state index in [1.807, 2.05) is 11.6 Å². The first-order valence-electron chi connectivity index (χ1n) is 5.36. The van der Waals surface area contributed by atoms with Crippen LogP contribution in [0.5, 0.6) is 0 Å². The summed E-state index contributed by atoms with van der Waals surface area (Å²) in [6.45, 7) is 4.16. The van der Waals surface area contributed by atoms with Crippen LogP contribution in [-0.2, 0) is 9.53 Å².